The molecule has 0 atom stereocenters. The van der Waals surface area contributed by atoms with Crippen LogP contribution in [0.3, 0.4) is 0 Å². The molecule has 2 rings (SSSR count). The van der Waals surface area contributed by atoms with Crippen LogP contribution in [0.25, 0.3) is 11.1 Å². The Balaban J connectivity index is 2.79. The monoisotopic (exact) mass is 335 g/mol. The van der Waals surface area contributed by atoms with Gasteiger partial charge in [0.25, 0.3) is 0 Å². The molecule has 0 aliphatic carbocycles. The maximum absolute atomic E-state index is 14.3. The highest BCUT2D eigenvalue weighted by Crippen LogP contribution is 2.38. The lowest BCUT2D eigenvalue weighted by Crippen LogP contribution is -2.10. The number of rotatable bonds is 3. The third kappa shape index (κ3) is 2.96. The number of hydrogen-bond donors (Lipinski definition) is 1. The first kappa shape index (κ1) is 15.6. The summed E-state index contributed by atoms with van der Waals surface area (Å²) < 4.78 is 41.6. The van der Waals surface area contributed by atoms with Crippen molar-refractivity contribution in [2.75, 3.05) is 0 Å². The molecule has 0 radical (unpaired) electrons. The number of halogens is 5. The van der Waals surface area contributed by atoms with Gasteiger partial charge in [-0.3, -0.25) is 4.79 Å². The first-order valence-corrected chi connectivity index (χ1v) is 6.28. The van der Waals surface area contributed by atoms with Crippen LogP contribution in [0.15, 0.2) is 18.2 Å². The van der Waals surface area contributed by atoms with Gasteiger partial charge in [-0.05, 0) is 12.1 Å². The quantitative estimate of drug-likeness (QED) is 0.859. The van der Waals surface area contributed by atoms with Gasteiger partial charge in [-0.15, -0.1) is 0 Å². The highest BCUT2D eigenvalue weighted by molar-refractivity contribution is 6.39. The number of pyridine rings is 1. The Hall–Kier alpha value is -1.79. The maximum atomic E-state index is 14.3. The van der Waals surface area contributed by atoms with Gasteiger partial charge in [0.1, 0.15) is 0 Å². The molecular formula is C13H6Cl2F3NO2. The fourth-order valence-corrected chi connectivity index (χ4v) is 2.36. The minimum atomic E-state index is -1.63. The van der Waals surface area contributed by atoms with E-state index in [1.165, 1.54) is 18.2 Å². The highest BCUT2D eigenvalue weighted by atomic mass is 35.5. The number of carbonyl (C=O) groups is 1. The molecule has 0 aliphatic rings. The molecule has 110 valence electrons. The van der Waals surface area contributed by atoms with Crippen molar-refractivity contribution in [3.63, 3.8) is 0 Å². The molecule has 1 aromatic heterocycles. The van der Waals surface area contributed by atoms with E-state index >= 15 is 0 Å². The van der Waals surface area contributed by atoms with Gasteiger partial charge < -0.3 is 5.11 Å². The van der Waals surface area contributed by atoms with E-state index in [-0.39, 0.29) is 15.6 Å². The summed E-state index contributed by atoms with van der Waals surface area (Å²) in [5.74, 6) is -5.97. The molecule has 0 bridgehead atoms. The largest absolute Gasteiger partial charge is 0.481 e. The molecule has 1 N–H and O–H groups in total. The van der Waals surface area contributed by atoms with Crippen molar-refractivity contribution in [3.05, 3.63) is 51.5 Å². The predicted molar refractivity (Wildman–Crippen MR) is 70.9 cm³/mol. The summed E-state index contributed by atoms with van der Waals surface area (Å²) in [6, 6.07) is 4.08. The van der Waals surface area contributed by atoms with Crippen molar-refractivity contribution >= 4 is 29.2 Å². The molecule has 8 heteroatoms. The summed E-state index contributed by atoms with van der Waals surface area (Å²) >= 11 is 11.7. The first-order valence-electron chi connectivity index (χ1n) is 5.52. The van der Waals surface area contributed by atoms with E-state index in [2.05, 4.69) is 4.98 Å². The van der Waals surface area contributed by atoms with E-state index < -0.39 is 41.2 Å². The summed E-state index contributed by atoms with van der Waals surface area (Å²) in [5, 5.41) is 8.44. The van der Waals surface area contributed by atoms with Crippen molar-refractivity contribution in [1.29, 1.82) is 0 Å². The van der Waals surface area contributed by atoms with Crippen LogP contribution in [0.2, 0.25) is 10.0 Å². The van der Waals surface area contributed by atoms with Crippen molar-refractivity contribution in [2.45, 2.75) is 6.42 Å². The molecule has 1 heterocycles. The predicted octanol–water partition coefficient (Wildman–Crippen LogP) is 4.10. The molecular weight excluding hydrogens is 330 g/mol. The highest BCUT2D eigenvalue weighted by Gasteiger charge is 2.25. The van der Waals surface area contributed by atoms with E-state index in [0.717, 1.165) is 0 Å². The summed E-state index contributed by atoms with van der Waals surface area (Å²) in [5.41, 5.74) is -1.84. The Morgan fingerprint density at radius 3 is 2.19 bits per heavy atom. The van der Waals surface area contributed by atoms with Crippen LogP contribution in [-0.4, -0.2) is 16.1 Å². The zero-order chi connectivity index (χ0) is 15.7. The molecule has 21 heavy (non-hydrogen) atoms. The van der Waals surface area contributed by atoms with E-state index in [4.69, 9.17) is 28.3 Å². The Morgan fingerprint density at radius 2 is 1.67 bits per heavy atom. The second kappa shape index (κ2) is 5.91. The minimum Gasteiger partial charge on any atom is -0.481 e. The van der Waals surface area contributed by atoms with Gasteiger partial charge in [-0.1, -0.05) is 29.3 Å². The van der Waals surface area contributed by atoms with Gasteiger partial charge >= 0.3 is 5.97 Å². The number of carboxylic acid groups (broad SMARTS) is 1. The first-order chi connectivity index (χ1) is 9.82. The zero-order valence-electron chi connectivity index (χ0n) is 10.1. The Morgan fingerprint density at radius 1 is 1.10 bits per heavy atom. The molecule has 0 unspecified atom stereocenters. The normalized spacial score (nSPS) is 10.7. The number of hydrogen-bond acceptors (Lipinski definition) is 2. The van der Waals surface area contributed by atoms with Gasteiger partial charge in [0.05, 0.1) is 27.7 Å². The van der Waals surface area contributed by atoms with E-state index in [1.54, 1.807) is 0 Å². The molecule has 2 aromatic rings. The smallest absolute Gasteiger partial charge is 0.309 e. The second-order valence-corrected chi connectivity index (χ2v) is 4.83. The van der Waals surface area contributed by atoms with Crippen LogP contribution in [-0.2, 0) is 11.2 Å². The van der Waals surface area contributed by atoms with Gasteiger partial charge in [0.2, 0.25) is 5.95 Å². The third-order valence-corrected chi connectivity index (χ3v) is 3.27. The molecule has 0 saturated heterocycles. The minimum absolute atomic E-state index is 0.104. The lowest BCUT2D eigenvalue weighted by Gasteiger charge is -2.12. The number of aromatic nitrogens is 1. The zero-order valence-corrected chi connectivity index (χ0v) is 11.6. The molecule has 0 aliphatic heterocycles. The summed E-state index contributed by atoms with van der Waals surface area (Å²) in [7, 11) is 0. The number of carboxylic acids is 1. The Bertz CT molecular complexity index is 718. The van der Waals surface area contributed by atoms with E-state index in [0.29, 0.717) is 0 Å². The lowest BCUT2D eigenvalue weighted by molar-refractivity contribution is -0.136. The topological polar surface area (TPSA) is 50.2 Å². The molecule has 1 aromatic carbocycles. The maximum Gasteiger partial charge on any atom is 0.309 e. The fraction of sp³-hybridized carbons (Fsp3) is 0.0769. The number of nitrogens with zero attached hydrogens (tertiary/aromatic N) is 1. The van der Waals surface area contributed by atoms with Gasteiger partial charge in [-0.2, -0.15) is 4.39 Å². The van der Waals surface area contributed by atoms with Crippen LogP contribution >= 0.6 is 23.2 Å². The van der Waals surface area contributed by atoms with Gasteiger partial charge in [0.15, 0.2) is 11.6 Å². The molecule has 0 fully saturated rings. The Labute approximate surface area is 126 Å². The molecule has 0 saturated carbocycles. The molecule has 3 nitrogen and oxygen atoms in total. The van der Waals surface area contributed by atoms with Crippen LogP contribution < -0.4 is 0 Å². The van der Waals surface area contributed by atoms with Crippen LogP contribution in [0.1, 0.15) is 5.69 Å². The fourth-order valence-electron chi connectivity index (χ4n) is 1.78. The number of benzene rings is 1. The summed E-state index contributed by atoms with van der Waals surface area (Å²) in [4.78, 5) is 13.6. The van der Waals surface area contributed by atoms with E-state index in [1.807, 2.05) is 0 Å². The van der Waals surface area contributed by atoms with E-state index in [9.17, 15) is 18.0 Å². The average molecular weight is 336 g/mol. The molecule has 0 amide bonds. The van der Waals surface area contributed by atoms with Crippen molar-refractivity contribution in [1.82, 2.24) is 4.98 Å². The van der Waals surface area contributed by atoms with Crippen molar-refractivity contribution in [2.24, 2.45) is 0 Å². The summed E-state index contributed by atoms with van der Waals surface area (Å²) in [6.07, 6.45) is -0.905. The van der Waals surface area contributed by atoms with Crippen molar-refractivity contribution in [3.8, 4) is 11.1 Å². The van der Waals surface area contributed by atoms with Crippen LogP contribution in [0.4, 0.5) is 13.2 Å². The average Bonchev–Trinajstić information content (AvgIpc) is 2.39. The van der Waals surface area contributed by atoms with Crippen LogP contribution in [0.5, 0.6) is 0 Å². The standard InChI is InChI=1S/C13H6Cl2F3NO2/c14-5-2-1-3-6(15)9(5)10-11(16)7(4-8(20)21)19-13(18)12(10)17/h1-3H,4H2,(H,20,21). The summed E-state index contributed by atoms with van der Waals surface area (Å²) in [6.45, 7) is 0. The molecule has 0 spiro atoms. The lowest BCUT2D eigenvalue weighted by atomic mass is 10.0. The Kier molecular flexibility index (Phi) is 4.39. The third-order valence-electron chi connectivity index (χ3n) is 2.64. The number of aliphatic carboxylic acids is 1. The van der Waals surface area contributed by atoms with Crippen molar-refractivity contribution < 1.29 is 23.1 Å². The van der Waals surface area contributed by atoms with Crippen LogP contribution in [0, 0.1) is 17.6 Å². The van der Waals surface area contributed by atoms with Gasteiger partial charge in [-0.25, -0.2) is 13.8 Å². The second-order valence-electron chi connectivity index (χ2n) is 4.02. The SMILES string of the molecule is O=C(O)Cc1nc(F)c(F)c(-c2c(Cl)cccc2Cl)c1F. The van der Waals surface area contributed by atoms with Gasteiger partial charge in [0, 0.05) is 5.56 Å².